The molecule has 1 aromatic carbocycles. The van der Waals surface area contributed by atoms with Gasteiger partial charge in [0.25, 0.3) is 0 Å². The third kappa shape index (κ3) is 2.99. The summed E-state index contributed by atoms with van der Waals surface area (Å²) in [6, 6.07) is 8.72. The number of fused-ring (bicyclic) bond motifs is 1. The van der Waals surface area contributed by atoms with Crippen LogP contribution in [-0.2, 0) is 13.1 Å². The number of hydrogen-bond acceptors (Lipinski definition) is 2. The first-order valence-electron chi connectivity index (χ1n) is 7.38. The minimum atomic E-state index is 0.614. The predicted molar refractivity (Wildman–Crippen MR) is 79.9 cm³/mol. The number of likely N-dealkylation sites (tertiary alicyclic amines) is 1. The van der Waals surface area contributed by atoms with Crippen molar-refractivity contribution in [3.05, 3.63) is 35.5 Å². The zero-order valence-corrected chi connectivity index (χ0v) is 11.5. The first-order valence-corrected chi connectivity index (χ1v) is 7.38. The van der Waals surface area contributed by atoms with E-state index in [4.69, 9.17) is 5.73 Å². The first kappa shape index (κ1) is 12.7. The predicted octanol–water partition coefficient (Wildman–Crippen LogP) is 3.00. The van der Waals surface area contributed by atoms with E-state index in [0.29, 0.717) is 6.54 Å². The molecular weight excluding hydrogens is 234 g/mol. The molecule has 1 aliphatic rings. The van der Waals surface area contributed by atoms with E-state index in [2.05, 4.69) is 34.1 Å². The van der Waals surface area contributed by atoms with Crippen LogP contribution in [0.15, 0.2) is 24.3 Å². The number of nitrogens with zero attached hydrogens (tertiary/aromatic N) is 1. The van der Waals surface area contributed by atoms with Crippen LogP contribution in [0.2, 0.25) is 0 Å². The number of H-pyrrole nitrogens is 1. The van der Waals surface area contributed by atoms with Gasteiger partial charge in [0.1, 0.15) is 0 Å². The highest BCUT2D eigenvalue weighted by Gasteiger charge is 2.10. The van der Waals surface area contributed by atoms with E-state index in [1.807, 2.05) is 0 Å². The molecule has 3 nitrogen and oxygen atoms in total. The van der Waals surface area contributed by atoms with Crippen molar-refractivity contribution in [3.63, 3.8) is 0 Å². The Morgan fingerprint density at radius 3 is 2.58 bits per heavy atom. The molecule has 1 saturated heterocycles. The highest BCUT2D eigenvalue weighted by Crippen LogP contribution is 2.19. The maximum Gasteiger partial charge on any atom is 0.0456 e. The van der Waals surface area contributed by atoms with Crippen LogP contribution in [0.4, 0.5) is 0 Å². The average Bonchev–Trinajstić information content (AvgIpc) is 2.64. The van der Waals surface area contributed by atoms with Gasteiger partial charge in [0, 0.05) is 29.7 Å². The summed E-state index contributed by atoms with van der Waals surface area (Å²) in [7, 11) is 0. The van der Waals surface area contributed by atoms with E-state index >= 15 is 0 Å². The van der Waals surface area contributed by atoms with Crippen LogP contribution in [0, 0.1) is 0 Å². The molecule has 19 heavy (non-hydrogen) atoms. The molecule has 0 saturated carbocycles. The molecule has 0 spiro atoms. The summed E-state index contributed by atoms with van der Waals surface area (Å²) in [5.41, 5.74) is 9.45. The third-order valence-electron chi connectivity index (χ3n) is 4.07. The second-order valence-electron chi connectivity index (χ2n) is 5.61. The Kier molecular flexibility index (Phi) is 3.85. The molecule has 0 atom stereocenters. The fraction of sp³-hybridized carbons (Fsp3) is 0.500. The average molecular weight is 257 g/mol. The van der Waals surface area contributed by atoms with Crippen LogP contribution in [-0.4, -0.2) is 23.0 Å². The molecule has 0 bridgehead atoms. The summed E-state index contributed by atoms with van der Waals surface area (Å²) in [5.74, 6) is 0. The molecule has 2 heterocycles. The van der Waals surface area contributed by atoms with Gasteiger partial charge in [-0.15, -0.1) is 0 Å². The van der Waals surface area contributed by atoms with Crippen molar-refractivity contribution in [1.29, 1.82) is 0 Å². The van der Waals surface area contributed by atoms with E-state index in [0.717, 1.165) is 6.54 Å². The zero-order chi connectivity index (χ0) is 13.1. The minimum Gasteiger partial charge on any atom is -0.357 e. The Morgan fingerprint density at radius 2 is 1.84 bits per heavy atom. The van der Waals surface area contributed by atoms with E-state index in [-0.39, 0.29) is 0 Å². The quantitative estimate of drug-likeness (QED) is 0.888. The SMILES string of the molecule is NCc1ccc2[nH]c(CN3CCCCCC3)cc2c1. The molecule has 1 fully saturated rings. The topological polar surface area (TPSA) is 45.1 Å². The van der Waals surface area contributed by atoms with Gasteiger partial charge in [-0.25, -0.2) is 0 Å². The summed E-state index contributed by atoms with van der Waals surface area (Å²) < 4.78 is 0. The monoisotopic (exact) mass is 257 g/mol. The van der Waals surface area contributed by atoms with Gasteiger partial charge >= 0.3 is 0 Å². The Hall–Kier alpha value is -1.32. The zero-order valence-electron chi connectivity index (χ0n) is 11.5. The summed E-state index contributed by atoms with van der Waals surface area (Å²) >= 11 is 0. The normalized spacial score (nSPS) is 17.7. The van der Waals surface area contributed by atoms with Crippen molar-refractivity contribution in [3.8, 4) is 0 Å². The van der Waals surface area contributed by atoms with Gasteiger partial charge in [-0.3, -0.25) is 4.90 Å². The molecule has 3 heteroatoms. The van der Waals surface area contributed by atoms with Crippen LogP contribution in [0.3, 0.4) is 0 Å². The van der Waals surface area contributed by atoms with E-state index in [1.165, 1.54) is 60.9 Å². The van der Waals surface area contributed by atoms with E-state index < -0.39 is 0 Å². The third-order valence-corrected chi connectivity index (χ3v) is 4.07. The number of benzene rings is 1. The van der Waals surface area contributed by atoms with Crippen LogP contribution in [0.25, 0.3) is 10.9 Å². The van der Waals surface area contributed by atoms with E-state index in [9.17, 15) is 0 Å². The highest BCUT2D eigenvalue weighted by molar-refractivity contribution is 5.81. The maximum absolute atomic E-state index is 5.70. The molecule has 0 aliphatic carbocycles. The fourth-order valence-corrected chi connectivity index (χ4v) is 2.99. The van der Waals surface area contributed by atoms with Gasteiger partial charge in [-0.1, -0.05) is 18.9 Å². The van der Waals surface area contributed by atoms with Crippen LogP contribution in [0.1, 0.15) is 36.9 Å². The lowest BCUT2D eigenvalue weighted by molar-refractivity contribution is 0.274. The lowest BCUT2D eigenvalue weighted by Crippen LogP contribution is -2.24. The largest absolute Gasteiger partial charge is 0.357 e. The molecule has 3 N–H and O–H groups in total. The summed E-state index contributed by atoms with van der Waals surface area (Å²) in [6.45, 7) is 4.14. The van der Waals surface area contributed by atoms with E-state index in [1.54, 1.807) is 0 Å². The van der Waals surface area contributed by atoms with Crippen LogP contribution >= 0.6 is 0 Å². The number of hydrogen-bond donors (Lipinski definition) is 2. The number of nitrogens with two attached hydrogens (primary N) is 1. The first-order chi connectivity index (χ1) is 9.35. The smallest absolute Gasteiger partial charge is 0.0456 e. The number of aromatic nitrogens is 1. The van der Waals surface area contributed by atoms with Gasteiger partial charge in [-0.05, 0) is 49.7 Å². The Morgan fingerprint density at radius 1 is 1.05 bits per heavy atom. The molecule has 0 unspecified atom stereocenters. The van der Waals surface area contributed by atoms with Gasteiger partial charge in [0.15, 0.2) is 0 Å². The second kappa shape index (κ2) is 5.76. The van der Waals surface area contributed by atoms with Crippen molar-refractivity contribution in [2.45, 2.75) is 38.8 Å². The molecule has 2 aromatic rings. The van der Waals surface area contributed by atoms with Crippen molar-refractivity contribution < 1.29 is 0 Å². The Balaban J connectivity index is 1.76. The standard InChI is InChI=1S/C16H23N3/c17-11-13-5-6-16-14(9-13)10-15(18-16)12-19-7-3-1-2-4-8-19/h5-6,9-10,18H,1-4,7-8,11-12,17H2. The molecule has 0 radical (unpaired) electrons. The molecule has 0 amide bonds. The minimum absolute atomic E-state index is 0.614. The highest BCUT2D eigenvalue weighted by atomic mass is 15.1. The van der Waals surface area contributed by atoms with Gasteiger partial charge in [-0.2, -0.15) is 0 Å². The fourth-order valence-electron chi connectivity index (χ4n) is 2.99. The number of rotatable bonds is 3. The summed E-state index contributed by atoms with van der Waals surface area (Å²) in [5, 5.41) is 1.28. The molecule has 1 aliphatic heterocycles. The van der Waals surface area contributed by atoms with Crippen LogP contribution in [0.5, 0.6) is 0 Å². The van der Waals surface area contributed by atoms with Crippen molar-refractivity contribution in [2.75, 3.05) is 13.1 Å². The number of aromatic amines is 1. The molecule has 3 rings (SSSR count). The van der Waals surface area contributed by atoms with Crippen molar-refractivity contribution >= 4 is 10.9 Å². The lowest BCUT2D eigenvalue weighted by atomic mass is 10.1. The molecule has 102 valence electrons. The molecular formula is C16H23N3. The van der Waals surface area contributed by atoms with Crippen molar-refractivity contribution in [2.24, 2.45) is 5.73 Å². The summed E-state index contributed by atoms with van der Waals surface area (Å²) in [4.78, 5) is 6.10. The van der Waals surface area contributed by atoms with Gasteiger partial charge in [0.2, 0.25) is 0 Å². The van der Waals surface area contributed by atoms with Gasteiger partial charge in [0.05, 0.1) is 0 Å². The Labute approximate surface area is 114 Å². The molecule has 1 aromatic heterocycles. The van der Waals surface area contributed by atoms with Gasteiger partial charge < -0.3 is 10.7 Å². The second-order valence-corrected chi connectivity index (χ2v) is 5.61. The Bertz CT molecular complexity index is 536. The maximum atomic E-state index is 5.70. The lowest BCUT2D eigenvalue weighted by Gasteiger charge is -2.18. The summed E-state index contributed by atoms with van der Waals surface area (Å²) in [6.07, 6.45) is 5.47. The van der Waals surface area contributed by atoms with Crippen molar-refractivity contribution in [1.82, 2.24) is 9.88 Å². The number of nitrogens with one attached hydrogen (secondary N) is 1. The van der Waals surface area contributed by atoms with Crippen LogP contribution < -0.4 is 5.73 Å².